The van der Waals surface area contributed by atoms with Crippen LogP contribution in [0.15, 0.2) is 48.8 Å². The average molecular weight is 332 g/mol. The fourth-order valence-corrected chi connectivity index (χ4v) is 2.56. The van der Waals surface area contributed by atoms with Crippen molar-refractivity contribution in [2.45, 2.75) is 25.1 Å². The summed E-state index contributed by atoms with van der Waals surface area (Å²) < 4.78 is 22.9. The van der Waals surface area contributed by atoms with Gasteiger partial charge in [-0.05, 0) is 36.6 Å². The van der Waals surface area contributed by atoms with Gasteiger partial charge in [0.2, 0.25) is 5.91 Å². The van der Waals surface area contributed by atoms with E-state index in [-0.39, 0.29) is 6.04 Å². The Labute approximate surface area is 136 Å². The van der Waals surface area contributed by atoms with Crippen LogP contribution in [0.5, 0.6) is 0 Å². The minimum absolute atomic E-state index is 0.269. The van der Waals surface area contributed by atoms with Gasteiger partial charge in [0, 0.05) is 18.6 Å². The first-order chi connectivity index (χ1) is 10.8. The molecule has 1 amide bonds. The lowest BCUT2D eigenvalue weighted by Crippen LogP contribution is -2.38. The van der Waals surface area contributed by atoms with Crippen LogP contribution in [0.4, 0.5) is 0 Å². The first-order valence-corrected chi connectivity index (χ1v) is 9.24. The Kier molecular flexibility index (Phi) is 5.15. The number of carbonyl (C=O) groups is 1. The molecule has 1 heterocycles. The van der Waals surface area contributed by atoms with Crippen LogP contribution in [0.2, 0.25) is 0 Å². The molecule has 0 unspecified atom stereocenters. The lowest BCUT2D eigenvalue weighted by molar-refractivity contribution is -0.121. The molecule has 23 heavy (non-hydrogen) atoms. The molecule has 0 saturated carbocycles. The van der Waals surface area contributed by atoms with Crippen molar-refractivity contribution in [2.75, 3.05) is 6.26 Å². The number of aromatic nitrogens is 1. The molecule has 5 nitrogen and oxygen atoms in total. The number of rotatable bonds is 5. The molecule has 0 spiro atoms. The van der Waals surface area contributed by atoms with Gasteiger partial charge in [-0.15, -0.1) is 0 Å². The summed E-state index contributed by atoms with van der Waals surface area (Å²) in [5.74, 6) is -0.490. The van der Waals surface area contributed by atoms with E-state index < -0.39 is 21.0 Å². The lowest BCUT2D eigenvalue weighted by Gasteiger charge is -2.17. The molecule has 0 aliphatic rings. The topological polar surface area (TPSA) is 76.1 Å². The zero-order valence-electron chi connectivity index (χ0n) is 13.4. The van der Waals surface area contributed by atoms with Crippen molar-refractivity contribution in [3.8, 4) is 11.1 Å². The minimum atomic E-state index is -3.39. The van der Waals surface area contributed by atoms with Gasteiger partial charge in [0.15, 0.2) is 9.84 Å². The Hall–Kier alpha value is -2.21. The Morgan fingerprint density at radius 3 is 2.26 bits per heavy atom. The van der Waals surface area contributed by atoms with Gasteiger partial charge in [-0.2, -0.15) is 0 Å². The summed E-state index contributed by atoms with van der Waals surface area (Å²) in [6.45, 7) is 3.22. The highest BCUT2D eigenvalue weighted by atomic mass is 32.2. The van der Waals surface area contributed by atoms with E-state index in [1.165, 1.54) is 6.92 Å². The summed E-state index contributed by atoms with van der Waals surface area (Å²) in [7, 11) is -3.39. The van der Waals surface area contributed by atoms with Crippen molar-refractivity contribution in [3.05, 3.63) is 54.4 Å². The second-order valence-corrected chi connectivity index (χ2v) is 7.93. The summed E-state index contributed by atoms with van der Waals surface area (Å²) in [6.07, 6.45) is 4.57. The molecule has 1 aromatic heterocycles. The first kappa shape index (κ1) is 17.1. The number of hydrogen-bond acceptors (Lipinski definition) is 4. The zero-order chi connectivity index (χ0) is 17.0. The van der Waals surface area contributed by atoms with Crippen molar-refractivity contribution >= 4 is 15.7 Å². The van der Waals surface area contributed by atoms with E-state index in [1.807, 2.05) is 43.3 Å². The number of amides is 1. The van der Waals surface area contributed by atoms with Crippen LogP contribution in [-0.4, -0.2) is 30.8 Å². The van der Waals surface area contributed by atoms with Crippen LogP contribution in [0.1, 0.15) is 25.5 Å². The fourth-order valence-electron chi connectivity index (χ4n) is 2.11. The molecule has 6 heteroatoms. The van der Waals surface area contributed by atoms with Gasteiger partial charge in [0.05, 0.1) is 6.04 Å². The zero-order valence-corrected chi connectivity index (χ0v) is 14.2. The van der Waals surface area contributed by atoms with Crippen molar-refractivity contribution in [3.63, 3.8) is 0 Å². The molecule has 1 N–H and O–H groups in total. The Balaban J connectivity index is 2.09. The molecule has 0 saturated heterocycles. The first-order valence-electron chi connectivity index (χ1n) is 7.28. The standard InChI is InChI=1S/C17H20N2O3S/c1-12(19-17(20)13(2)23(3,21)22)14-6-8-15(9-7-14)16-5-4-10-18-11-16/h4-13H,1-3H3,(H,19,20)/t12-,13-/m1/s1. The van der Waals surface area contributed by atoms with Gasteiger partial charge in [-0.1, -0.05) is 30.3 Å². The predicted molar refractivity (Wildman–Crippen MR) is 90.5 cm³/mol. The molecular weight excluding hydrogens is 312 g/mol. The summed E-state index contributed by atoms with van der Waals surface area (Å²) in [5.41, 5.74) is 2.96. The minimum Gasteiger partial charge on any atom is -0.348 e. The number of sulfone groups is 1. The maximum Gasteiger partial charge on any atom is 0.238 e. The van der Waals surface area contributed by atoms with Crippen molar-refractivity contribution in [2.24, 2.45) is 0 Å². The highest BCUT2D eigenvalue weighted by Crippen LogP contribution is 2.21. The molecule has 0 bridgehead atoms. The molecule has 122 valence electrons. The molecule has 2 rings (SSSR count). The van der Waals surface area contributed by atoms with Crippen LogP contribution >= 0.6 is 0 Å². The maximum atomic E-state index is 12.0. The SMILES string of the molecule is C[C@H](C(=O)N[C@H](C)c1ccc(-c2cccnc2)cc1)S(C)(=O)=O. The van der Waals surface area contributed by atoms with E-state index >= 15 is 0 Å². The van der Waals surface area contributed by atoms with Crippen LogP contribution in [-0.2, 0) is 14.6 Å². The van der Waals surface area contributed by atoms with E-state index in [1.54, 1.807) is 12.4 Å². The Bertz CT molecular complexity index is 771. The van der Waals surface area contributed by atoms with Gasteiger partial charge in [0.25, 0.3) is 0 Å². The number of nitrogens with zero attached hydrogens (tertiary/aromatic N) is 1. The second-order valence-electron chi connectivity index (χ2n) is 5.57. The molecule has 2 atom stereocenters. The molecule has 2 aromatic rings. The highest BCUT2D eigenvalue weighted by molar-refractivity contribution is 7.92. The van der Waals surface area contributed by atoms with E-state index in [4.69, 9.17) is 0 Å². The second kappa shape index (κ2) is 6.91. The number of benzene rings is 1. The van der Waals surface area contributed by atoms with E-state index in [2.05, 4.69) is 10.3 Å². The van der Waals surface area contributed by atoms with E-state index in [0.29, 0.717) is 0 Å². The lowest BCUT2D eigenvalue weighted by atomic mass is 10.0. The molecule has 0 aliphatic carbocycles. The molecule has 0 radical (unpaired) electrons. The summed E-state index contributed by atoms with van der Waals surface area (Å²) >= 11 is 0. The van der Waals surface area contributed by atoms with Crippen LogP contribution in [0, 0.1) is 0 Å². The van der Waals surface area contributed by atoms with Crippen LogP contribution < -0.4 is 5.32 Å². The van der Waals surface area contributed by atoms with Crippen LogP contribution in [0.3, 0.4) is 0 Å². The van der Waals surface area contributed by atoms with Gasteiger partial charge >= 0.3 is 0 Å². The summed E-state index contributed by atoms with van der Waals surface area (Å²) in [6, 6.07) is 11.3. The fraction of sp³-hybridized carbons (Fsp3) is 0.294. The molecule has 0 aliphatic heterocycles. The largest absolute Gasteiger partial charge is 0.348 e. The normalized spacial score (nSPS) is 14.0. The average Bonchev–Trinajstić information content (AvgIpc) is 2.54. The number of carbonyl (C=O) groups excluding carboxylic acids is 1. The number of pyridine rings is 1. The molecular formula is C17H20N2O3S. The summed E-state index contributed by atoms with van der Waals surface area (Å²) in [4.78, 5) is 16.0. The third kappa shape index (κ3) is 4.39. The van der Waals surface area contributed by atoms with E-state index in [9.17, 15) is 13.2 Å². The Morgan fingerprint density at radius 2 is 1.74 bits per heavy atom. The van der Waals surface area contributed by atoms with Gasteiger partial charge in [-0.3, -0.25) is 9.78 Å². The van der Waals surface area contributed by atoms with E-state index in [0.717, 1.165) is 22.9 Å². The van der Waals surface area contributed by atoms with Crippen molar-refractivity contribution in [1.29, 1.82) is 0 Å². The van der Waals surface area contributed by atoms with Gasteiger partial charge < -0.3 is 5.32 Å². The highest BCUT2D eigenvalue weighted by Gasteiger charge is 2.24. The third-order valence-corrected chi connectivity index (χ3v) is 5.27. The summed E-state index contributed by atoms with van der Waals surface area (Å²) in [5, 5.41) is 1.68. The van der Waals surface area contributed by atoms with Crippen molar-refractivity contribution < 1.29 is 13.2 Å². The van der Waals surface area contributed by atoms with Crippen LogP contribution in [0.25, 0.3) is 11.1 Å². The maximum absolute atomic E-state index is 12.0. The predicted octanol–water partition coefficient (Wildman–Crippen LogP) is 2.36. The molecule has 0 fully saturated rings. The smallest absolute Gasteiger partial charge is 0.238 e. The quantitative estimate of drug-likeness (QED) is 0.912. The monoisotopic (exact) mass is 332 g/mol. The number of nitrogens with one attached hydrogen (secondary N) is 1. The Morgan fingerprint density at radius 1 is 1.09 bits per heavy atom. The van der Waals surface area contributed by atoms with Gasteiger partial charge in [-0.25, -0.2) is 8.42 Å². The third-order valence-electron chi connectivity index (χ3n) is 3.78. The van der Waals surface area contributed by atoms with Gasteiger partial charge in [0.1, 0.15) is 5.25 Å². The molecule has 1 aromatic carbocycles. The van der Waals surface area contributed by atoms with Crippen molar-refractivity contribution in [1.82, 2.24) is 10.3 Å². The number of hydrogen-bond donors (Lipinski definition) is 1.